The van der Waals surface area contributed by atoms with Crippen molar-refractivity contribution >= 4 is 64.4 Å². The van der Waals surface area contributed by atoms with Gasteiger partial charge in [0.15, 0.2) is 5.82 Å². The molecule has 5 heteroatoms. The molecule has 4 heterocycles. The first-order valence-electron chi connectivity index (χ1n) is 15.9. The van der Waals surface area contributed by atoms with Crippen molar-refractivity contribution in [1.82, 2.24) is 15.0 Å². The molecule has 4 aromatic heterocycles. The van der Waals surface area contributed by atoms with Gasteiger partial charge in [-0.3, -0.25) is 0 Å². The molecule has 0 saturated carbocycles. The highest BCUT2D eigenvalue weighted by molar-refractivity contribution is 7.26. The molecule has 0 unspecified atom stereocenters. The standard InChI is InChI=1S/C43H25N3OS/c1-2-11-28(12-3-1)43-45-35(25-36(46-43)31-17-10-16-30-29-13-5-8-19-37(29)47-41(30)31)26-21-23-27(24-22-26)40-39-33-15-6-9-20-38(33)48-42(39)32-14-4-7-18-34(32)44-40/h1-25H. The van der Waals surface area contributed by atoms with E-state index in [0.717, 1.165) is 66.8 Å². The van der Waals surface area contributed by atoms with E-state index in [1.54, 1.807) is 0 Å². The van der Waals surface area contributed by atoms with Crippen molar-refractivity contribution in [2.75, 3.05) is 0 Å². The number of aromatic nitrogens is 3. The number of fused-ring (bicyclic) bond motifs is 8. The number of para-hydroxylation sites is 3. The molecule has 48 heavy (non-hydrogen) atoms. The number of rotatable bonds is 4. The van der Waals surface area contributed by atoms with Gasteiger partial charge < -0.3 is 4.42 Å². The van der Waals surface area contributed by atoms with Crippen molar-refractivity contribution in [3.8, 4) is 45.2 Å². The first-order chi connectivity index (χ1) is 23.8. The van der Waals surface area contributed by atoms with E-state index in [4.69, 9.17) is 19.4 Å². The Bertz CT molecular complexity index is 2830. The van der Waals surface area contributed by atoms with Crippen molar-refractivity contribution < 1.29 is 4.42 Å². The Morgan fingerprint density at radius 3 is 2.04 bits per heavy atom. The summed E-state index contributed by atoms with van der Waals surface area (Å²) in [4.78, 5) is 15.4. The lowest BCUT2D eigenvalue weighted by molar-refractivity contribution is 0.670. The summed E-state index contributed by atoms with van der Waals surface area (Å²) in [6.07, 6.45) is 0. The maximum absolute atomic E-state index is 6.42. The fourth-order valence-corrected chi connectivity index (χ4v) is 8.05. The van der Waals surface area contributed by atoms with E-state index in [1.807, 2.05) is 47.7 Å². The lowest BCUT2D eigenvalue weighted by Gasteiger charge is -2.11. The zero-order valence-corrected chi connectivity index (χ0v) is 26.4. The SMILES string of the molecule is c1ccc(-c2nc(-c3ccc(-c4nc5ccccc5c5sc6ccccc6c45)cc3)cc(-c3cccc4c3oc3ccccc34)n2)cc1. The van der Waals surface area contributed by atoms with Gasteiger partial charge in [-0.05, 0) is 30.3 Å². The molecule has 0 fully saturated rings. The fourth-order valence-electron chi connectivity index (χ4n) is 6.82. The topological polar surface area (TPSA) is 51.8 Å². The fraction of sp³-hybridized carbons (Fsp3) is 0. The van der Waals surface area contributed by atoms with Crippen LogP contribution >= 0.6 is 11.3 Å². The summed E-state index contributed by atoms with van der Waals surface area (Å²) in [7, 11) is 0. The van der Waals surface area contributed by atoms with Gasteiger partial charge in [-0.15, -0.1) is 11.3 Å². The van der Waals surface area contributed by atoms with Crippen LogP contribution in [0.5, 0.6) is 0 Å². The number of hydrogen-bond donors (Lipinski definition) is 0. The summed E-state index contributed by atoms with van der Waals surface area (Å²) in [5.74, 6) is 0.669. The van der Waals surface area contributed by atoms with Gasteiger partial charge in [0, 0.05) is 58.6 Å². The molecule has 0 N–H and O–H groups in total. The first kappa shape index (κ1) is 27.0. The first-order valence-corrected chi connectivity index (χ1v) is 16.8. The number of benzene rings is 6. The van der Waals surface area contributed by atoms with Gasteiger partial charge in [0.25, 0.3) is 0 Å². The van der Waals surface area contributed by atoms with E-state index >= 15 is 0 Å². The number of thiophene rings is 1. The van der Waals surface area contributed by atoms with Gasteiger partial charge in [0.05, 0.1) is 22.6 Å². The van der Waals surface area contributed by atoms with Gasteiger partial charge in [-0.25, -0.2) is 15.0 Å². The Morgan fingerprint density at radius 2 is 1.17 bits per heavy atom. The summed E-state index contributed by atoms with van der Waals surface area (Å²) >= 11 is 1.84. The molecule has 10 aromatic rings. The molecular weight excluding hydrogens is 607 g/mol. The van der Waals surface area contributed by atoms with Gasteiger partial charge in [-0.1, -0.05) is 121 Å². The number of hydrogen-bond acceptors (Lipinski definition) is 5. The maximum Gasteiger partial charge on any atom is 0.160 e. The van der Waals surface area contributed by atoms with Crippen molar-refractivity contribution in [3.05, 3.63) is 152 Å². The lowest BCUT2D eigenvalue weighted by atomic mass is 10.00. The highest BCUT2D eigenvalue weighted by Gasteiger charge is 2.18. The van der Waals surface area contributed by atoms with E-state index in [-0.39, 0.29) is 0 Å². The van der Waals surface area contributed by atoms with Crippen LogP contribution in [-0.4, -0.2) is 15.0 Å². The zero-order valence-electron chi connectivity index (χ0n) is 25.6. The second kappa shape index (κ2) is 10.7. The van der Waals surface area contributed by atoms with Gasteiger partial charge in [0.2, 0.25) is 0 Å². The van der Waals surface area contributed by atoms with Crippen molar-refractivity contribution in [3.63, 3.8) is 0 Å². The van der Waals surface area contributed by atoms with Gasteiger partial charge in [0.1, 0.15) is 11.2 Å². The molecule has 0 radical (unpaired) electrons. The van der Waals surface area contributed by atoms with Crippen LogP contribution in [0.3, 0.4) is 0 Å². The molecule has 10 rings (SSSR count). The van der Waals surface area contributed by atoms with Crippen LogP contribution in [-0.2, 0) is 0 Å². The van der Waals surface area contributed by atoms with Crippen LogP contribution < -0.4 is 0 Å². The minimum Gasteiger partial charge on any atom is -0.455 e. The summed E-state index contributed by atoms with van der Waals surface area (Å²) < 4.78 is 8.96. The van der Waals surface area contributed by atoms with Gasteiger partial charge in [-0.2, -0.15) is 0 Å². The second-order valence-corrected chi connectivity index (χ2v) is 13.0. The van der Waals surface area contributed by atoms with Crippen LogP contribution in [0.15, 0.2) is 156 Å². The molecule has 0 atom stereocenters. The van der Waals surface area contributed by atoms with Crippen LogP contribution in [0.2, 0.25) is 0 Å². The molecule has 4 nitrogen and oxygen atoms in total. The molecule has 224 valence electrons. The number of furan rings is 1. The predicted octanol–water partition coefficient (Wildman–Crippen LogP) is 12.0. The third kappa shape index (κ3) is 4.25. The molecule has 0 amide bonds. The van der Waals surface area contributed by atoms with Crippen molar-refractivity contribution in [1.29, 1.82) is 0 Å². The third-order valence-corrected chi connectivity index (χ3v) is 10.3. The minimum absolute atomic E-state index is 0.669. The Balaban J connectivity index is 1.15. The molecule has 0 aliphatic heterocycles. The molecular formula is C43H25N3OS. The summed E-state index contributed by atoms with van der Waals surface area (Å²) in [5.41, 5.74) is 9.32. The largest absolute Gasteiger partial charge is 0.455 e. The van der Waals surface area contributed by atoms with Crippen LogP contribution in [0.25, 0.3) is 98.2 Å². The van der Waals surface area contributed by atoms with E-state index in [0.29, 0.717) is 5.82 Å². The Kier molecular flexibility index (Phi) is 6.01. The molecule has 0 saturated heterocycles. The highest BCUT2D eigenvalue weighted by atomic mass is 32.1. The van der Waals surface area contributed by atoms with E-state index in [2.05, 4.69) is 115 Å². The zero-order chi connectivity index (χ0) is 31.6. The molecule has 0 aliphatic carbocycles. The highest BCUT2D eigenvalue weighted by Crippen LogP contribution is 2.43. The monoisotopic (exact) mass is 631 g/mol. The average molecular weight is 632 g/mol. The van der Waals surface area contributed by atoms with E-state index in [9.17, 15) is 0 Å². The molecule has 0 aliphatic rings. The average Bonchev–Trinajstić information content (AvgIpc) is 3.74. The summed E-state index contributed by atoms with van der Waals surface area (Å²) in [6, 6.07) is 52.3. The second-order valence-electron chi connectivity index (χ2n) is 12.0. The van der Waals surface area contributed by atoms with Crippen LogP contribution in [0, 0.1) is 0 Å². The van der Waals surface area contributed by atoms with Crippen LogP contribution in [0.4, 0.5) is 0 Å². The van der Waals surface area contributed by atoms with Crippen LogP contribution in [0.1, 0.15) is 0 Å². The molecule has 0 bridgehead atoms. The smallest absolute Gasteiger partial charge is 0.160 e. The van der Waals surface area contributed by atoms with Crippen molar-refractivity contribution in [2.24, 2.45) is 0 Å². The number of nitrogens with zero attached hydrogens (tertiary/aromatic N) is 3. The lowest BCUT2D eigenvalue weighted by Crippen LogP contribution is -1.96. The summed E-state index contributed by atoms with van der Waals surface area (Å²) in [6.45, 7) is 0. The predicted molar refractivity (Wildman–Crippen MR) is 199 cm³/mol. The Morgan fingerprint density at radius 1 is 0.479 bits per heavy atom. The summed E-state index contributed by atoms with van der Waals surface area (Å²) in [5, 5.41) is 5.80. The molecule has 6 aromatic carbocycles. The maximum atomic E-state index is 6.42. The van der Waals surface area contributed by atoms with E-state index < -0.39 is 0 Å². The quantitative estimate of drug-likeness (QED) is 0.194. The normalized spacial score (nSPS) is 11.8. The van der Waals surface area contributed by atoms with Crippen molar-refractivity contribution in [2.45, 2.75) is 0 Å². The third-order valence-electron chi connectivity index (χ3n) is 9.11. The van der Waals surface area contributed by atoms with E-state index in [1.165, 1.54) is 25.6 Å². The Labute approximate surface area is 279 Å². The Hall–Kier alpha value is -6.17. The van der Waals surface area contributed by atoms with Gasteiger partial charge >= 0.3 is 0 Å². The number of pyridine rings is 1. The minimum atomic E-state index is 0.669. The molecule has 0 spiro atoms.